The van der Waals surface area contributed by atoms with Gasteiger partial charge in [0.25, 0.3) is 0 Å². The number of hydrogen-bond donors (Lipinski definition) is 2. The van der Waals surface area contributed by atoms with Gasteiger partial charge < -0.3 is 19.5 Å². The second-order valence-electron chi connectivity index (χ2n) is 6.51. The summed E-state index contributed by atoms with van der Waals surface area (Å²) in [6.07, 6.45) is 0. The van der Waals surface area contributed by atoms with Gasteiger partial charge in [-0.2, -0.15) is 0 Å². The van der Waals surface area contributed by atoms with E-state index in [0.29, 0.717) is 26.7 Å². The highest BCUT2D eigenvalue weighted by atomic mass is 35.5. The molecule has 0 fully saturated rings. The van der Waals surface area contributed by atoms with Crippen molar-refractivity contribution in [3.63, 3.8) is 0 Å². The number of halogens is 3. The Morgan fingerprint density at radius 2 is 1.15 bits per heavy atom. The zero-order valence-corrected chi connectivity index (χ0v) is 20.7. The Kier molecular flexibility index (Phi) is 11.7. The Morgan fingerprint density at radius 3 is 1.65 bits per heavy atom. The van der Waals surface area contributed by atoms with Crippen LogP contribution in [0.5, 0.6) is 11.5 Å². The second-order valence-corrected chi connectivity index (χ2v) is 7.67. The fourth-order valence-corrected chi connectivity index (χ4v) is 3.07. The summed E-state index contributed by atoms with van der Waals surface area (Å²) in [4.78, 5) is 7.93. The molecule has 0 aliphatic rings. The Bertz CT molecular complexity index is 1160. The molecule has 0 spiro atoms. The van der Waals surface area contributed by atoms with E-state index < -0.39 is 7.12 Å². The molecule has 4 aromatic rings. The fraction of sp³-hybridized carbons (Fsp3) is 0.0833. The summed E-state index contributed by atoms with van der Waals surface area (Å²) in [5.74, 6) is 1.44. The molecular formula is C24H22BCl3N2O4. The predicted octanol–water partition coefficient (Wildman–Crippen LogP) is 5.17. The van der Waals surface area contributed by atoms with Gasteiger partial charge in [-0.1, -0.05) is 71.2 Å². The third-order valence-corrected chi connectivity index (χ3v) is 4.79. The summed E-state index contributed by atoms with van der Waals surface area (Å²) >= 11 is 16.7. The predicted molar refractivity (Wildman–Crippen MR) is 138 cm³/mol. The molecule has 0 aliphatic carbocycles. The van der Waals surface area contributed by atoms with E-state index in [2.05, 4.69) is 9.97 Å². The largest absolute Gasteiger partial charge is 0.497 e. The lowest BCUT2D eigenvalue weighted by molar-refractivity contribution is 0.412. The average molecular weight is 520 g/mol. The van der Waals surface area contributed by atoms with Gasteiger partial charge in [-0.15, -0.1) is 0 Å². The van der Waals surface area contributed by atoms with E-state index in [-0.39, 0.29) is 0 Å². The molecule has 0 saturated carbocycles. The van der Waals surface area contributed by atoms with E-state index >= 15 is 0 Å². The van der Waals surface area contributed by atoms with Crippen LogP contribution in [0, 0.1) is 0 Å². The standard InChI is InChI=1S/C12H10ClNO.C7H9BO3.C5H3Cl2N/c1-15-10-5-2-4-9(8-10)11-6-3-7-12(13)14-11;1-11-7-4-2-3-6(5-7)8(9)10;6-4-2-1-3-5(7)8-4/h2-8H,1H3;2-5,9-10H,1H3;1-3H. The summed E-state index contributed by atoms with van der Waals surface area (Å²) in [6.45, 7) is 0. The number of ether oxygens (including phenoxy) is 2. The van der Waals surface area contributed by atoms with E-state index in [1.807, 2.05) is 36.4 Å². The maximum atomic E-state index is 8.74. The topological polar surface area (TPSA) is 84.7 Å². The lowest BCUT2D eigenvalue weighted by Crippen LogP contribution is -2.29. The van der Waals surface area contributed by atoms with Gasteiger partial charge in [0.05, 0.1) is 19.9 Å². The number of methoxy groups -OCH3 is 2. The van der Waals surface area contributed by atoms with E-state index in [0.717, 1.165) is 17.0 Å². The minimum absolute atomic E-state index is 0.428. The van der Waals surface area contributed by atoms with Crippen molar-refractivity contribution in [3.8, 4) is 22.8 Å². The van der Waals surface area contributed by atoms with Gasteiger partial charge in [0, 0.05) is 5.56 Å². The van der Waals surface area contributed by atoms with E-state index in [1.54, 1.807) is 55.6 Å². The molecule has 0 radical (unpaired) electrons. The van der Waals surface area contributed by atoms with Crippen molar-refractivity contribution in [1.82, 2.24) is 9.97 Å². The van der Waals surface area contributed by atoms with Gasteiger partial charge in [0.2, 0.25) is 0 Å². The van der Waals surface area contributed by atoms with Crippen LogP contribution in [0.4, 0.5) is 0 Å². The van der Waals surface area contributed by atoms with Crippen molar-refractivity contribution in [2.75, 3.05) is 14.2 Å². The first kappa shape index (κ1) is 27.4. The van der Waals surface area contributed by atoms with Gasteiger partial charge in [0.15, 0.2) is 0 Å². The zero-order valence-electron chi connectivity index (χ0n) is 18.4. The van der Waals surface area contributed by atoms with Crippen LogP contribution in [0.2, 0.25) is 15.5 Å². The van der Waals surface area contributed by atoms with Crippen molar-refractivity contribution in [2.45, 2.75) is 0 Å². The number of nitrogens with zero attached hydrogens (tertiary/aromatic N) is 2. The highest BCUT2D eigenvalue weighted by molar-refractivity contribution is 6.58. The molecule has 2 N–H and O–H groups in total. The maximum Gasteiger partial charge on any atom is 0.488 e. The van der Waals surface area contributed by atoms with Gasteiger partial charge >= 0.3 is 7.12 Å². The van der Waals surface area contributed by atoms with E-state index in [9.17, 15) is 0 Å². The smallest absolute Gasteiger partial charge is 0.488 e. The Hall–Kier alpha value is -2.81. The molecule has 34 heavy (non-hydrogen) atoms. The molecule has 176 valence electrons. The molecule has 0 bridgehead atoms. The minimum Gasteiger partial charge on any atom is -0.497 e. The maximum absolute atomic E-state index is 8.74. The minimum atomic E-state index is -1.43. The third-order valence-electron chi connectivity index (χ3n) is 4.15. The summed E-state index contributed by atoms with van der Waals surface area (Å²) in [7, 11) is 1.75. The third kappa shape index (κ3) is 9.59. The van der Waals surface area contributed by atoms with Gasteiger partial charge in [-0.05, 0) is 54.0 Å². The van der Waals surface area contributed by atoms with Crippen molar-refractivity contribution in [1.29, 1.82) is 0 Å². The molecule has 0 aliphatic heterocycles. The monoisotopic (exact) mass is 518 g/mol. The van der Waals surface area contributed by atoms with Crippen LogP contribution in [-0.2, 0) is 0 Å². The average Bonchev–Trinajstić information content (AvgIpc) is 2.85. The van der Waals surface area contributed by atoms with Crippen LogP contribution in [0.15, 0.2) is 84.9 Å². The molecule has 10 heteroatoms. The molecule has 0 saturated heterocycles. The lowest BCUT2D eigenvalue weighted by atomic mass is 9.80. The van der Waals surface area contributed by atoms with E-state index in [1.165, 1.54) is 7.11 Å². The number of hydrogen-bond acceptors (Lipinski definition) is 6. The summed E-state index contributed by atoms with van der Waals surface area (Å²) in [5, 5.41) is 18.8. The molecule has 0 unspecified atom stereocenters. The molecule has 0 atom stereocenters. The Labute approximate surface area is 213 Å². The SMILES string of the molecule is COc1cccc(-c2cccc(Cl)n2)c1.COc1cccc(B(O)O)c1.Clc1cccc(Cl)n1. The molecule has 2 heterocycles. The summed E-state index contributed by atoms with van der Waals surface area (Å²) in [5.41, 5.74) is 2.28. The number of benzene rings is 2. The highest BCUT2D eigenvalue weighted by Crippen LogP contribution is 2.23. The molecule has 2 aromatic heterocycles. The number of aromatic nitrogens is 2. The highest BCUT2D eigenvalue weighted by Gasteiger charge is 2.10. The number of rotatable bonds is 4. The molecular weight excluding hydrogens is 497 g/mol. The van der Waals surface area contributed by atoms with Gasteiger partial charge in [0.1, 0.15) is 27.0 Å². The van der Waals surface area contributed by atoms with Gasteiger partial charge in [-0.3, -0.25) is 0 Å². The van der Waals surface area contributed by atoms with Crippen molar-refractivity contribution < 1.29 is 19.5 Å². The first-order chi connectivity index (χ1) is 16.3. The van der Waals surface area contributed by atoms with Crippen molar-refractivity contribution in [2.24, 2.45) is 0 Å². The normalized spacial score (nSPS) is 9.62. The first-order valence-electron chi connectivity index (χ1n) is 9.87. The van der Waals surface area contributed by atoms with Gasteiger partial charge in [-0.25, -0.2) is 9.97 Å². The second kappa shape index (κ2) is 14.5. The van der Waals surface area contributed by atoms with Crippen molar-refractivity contribution in [3.05, 3.63) is 100 Å². The zero-order chi connectivity index (χ0) is 24.9. The summed E-state index contributed by atoms with van der Waals surface area (Å²) in [6, 6.07) is 25.0. The van der Waals surface area contributed by atoms with Crippen LogP contribution in [0.3, 0.4) is 0 Å². The first-order valence-corrected chi connectivity index (χ1v) is 11.0. The quantitative estimate of drug-likeness (QED) is 0.286. The van der Waals surface area contributed by atoms with Crippen LogP contribution in [0.1, 0.15) is 0 Å². The fourth-order valence-electron chi connectivity index (χ4n) is 2.54. The van der Waals surface area contributed by atoms with Crippen LogP contribution in [0.25, 0.3) is 11.3 Å². The van der Waals surface area contributed by atoms with Crippen LogP contribution >= 0.6 is 34.8 Å². The Balaban J connectivity index is 0.000000190. The van der Waals surface area contributed by atoms with Crippen LogP contribution in [-0.4, -0.2) is 41.4 Å². The van der Waals surface area contributed by atoms with Crippen LogP contribution < -0.4 is 14.9 Å². The van der Waals surface area contributed by atoms with Crippen molar-refractivity contribution >= 4 is 47.4 Å². The summed E-state index contributed by atoms with van der Waals surface area (Å²) < 4.78 is 10.0. The number of pyridine rings is 2. The molecule has 6 nitrogen and oxygen atoms in total. The molecule has 0 amide bonds. The molecule has 4 rings (SSSR count). The Morgan fingerprint density at radius 1 is 0.647 bits per heavy atom. The molecule has 2 aromatic carbocycles. The lowest BCUT2D eigenvalue weighted by Gasteiger charge is -2.03. The van der Waals surface area contributed by atoms with E-state index in [4.69, 9.17) is 54.3 Å².